The number of carbonyl (C=O) groups is 1. The lowest BCUT2D eigenvalue weighted by molar-refractivity contribution is -0.114. The second kappa shape index (κ2) is 12.7. The van der Waals surface area contributed by atoms with Gasteiger partial charge in [0.05, 0.1) is 12.6 Å². The Kier molecular flexibility index (Phi) is 10.6. The molecule has 0 saturated carbocycles. The zero-order chi connectivity index (χ0) is 20.9. The van der Waals surface area contributed by atoms with Crippen LogP contribution in [0.25, 0.3) is 0 Å². The number of hydrogen-bond acceptors (Lipinski definition) is 5. The van der Waals surface area contributed by atoms with Crippen molar-refractivity contribution in [2.45, 2.75) is 53.0 Å². The standard InChI is InChI=1S/C15H16ClN3O2.C6H11N/c1-9-4-5-11(16)7-13(9)14(17-3)15(20)18-8-12-6-10(2)21-19-12;1-2-3-4-5-6-7/h4-7H,8H2,1-3H3,(H,18,20);2-5H2,1H3. The maximum atomic E-state index is 12.3. The summed E-state index contributed by atoms with van der Waals surface area (Å²) in [5.74, 6) is 0.429. The van der Waals surface area contributed by atoms with Gasteiger partial charge in [-0.15, -0.1) is 0 Å². The molecule has 2 aromatic rings. The van der Waals surface area contributed by atoms with E-state index in [-0.39, 0.29) is 12.5 Å². The van der Waals surface area contributed by atoms with Gasteiger partial charge in [0.15, 0.2) is 0 Å². The first kappa shape index (κ1) is 23.4. The van der Waals surface area contributed by atoms with Crippen molar-refractivity contribution in [1.82, 2.24) is 10.5 Å². The van der Waals surface area contributed by atoms with E-state index < -0.39 is 0 Å². The van der Waals surface area contributed by atoms with Gasteiger partial charge in [-0.2, -0.15) is 5.26 Å². The summed E-state index contributed by atoms with van der Waals surface area (Å²) in [5, 5.41) is 15.2. The Balaban J connectivity index is 0.000000480. The monoisotopic (exact) mass is 402 g/mol. The minimum absolute atomic E-state index is 0.275. The van der Waals surface area contributed by atoms with Gasteiger partial charge in [-0.25, -0.2) is 0 Å². The minimum atomic E-state index is -0.275. The number of carbonyl (C=O) groups excluding carboxylic acids is 1. The Bertz CT molecular complexity index is 837. The van der Waals surface area contributed by atoms with Crippen molar-refractivity contribution in [2.24, 2.45) is 4.99 Å². The fourth-order valence-corrected chi connectivity index (χ4v) is 2.58. The molecule has 0 aliphatic carbocycles. The SMILES string of the molecule is CCCCCC#N.CN=C(C(=O)NCc1cc(C)on1)c1cc(Cl)ccc1C. The molecule has 0 saturated heterocycles. The fourth-order valence-electron chi connectivity index (χ4n) is 2.40. The van der Waals surface area contributed by atoms with Crippen LogP contribution in [0.4, 0.5) is 0 Å². The van der Waals surface area contributed by atoms with Crippen molar-refractivity contribution < 1.29 is 9.32 Å². The summed E-state index contributed by atoms with van der Waals surface area (Å²) in [6.07, 6.45) is 4.22. The van der Waals surface area contributed by atoms with Crippen molar-refractivity contribution >= 4 is 23.2 Å². The summed E-state index contributed by atoms with van der Waals surface area (Å²) < 4.78 is 4.95. The molecular weight excluding hydrogens is 376 g/mol. The second-order valence-electron chi connectivity index (χ2n) is 6.26. The van der Waals surface area contributed by atoms with Crippen LogP contribution in [0.3, 0.4) is 0 Å². The van der Waals surface area contributed by atoms with Gasteiger partial charge in [0.2, 0.25) is 0 Å². The van der Waals surface area contributed by atoms with Crippen molar-refractivity contribution in [3.05, 3.63) is 51.9 Å². The summed E-state index contributed by atoms with van der Waals surface area (Å²) in [6.45, 7) is 6.13. The molecule has 1 amide bonds. The first-order chi connectivity index (χ1) is 13.4. The van der Waals surface area contributed by atoms with E-state index in [2.05, 4.69) is 28.5 Å². The molecule has 1 aromatic carbocycles. The van der Waals surface area contributed by atoms with Crippen LogP contribution < -0.4 is 5.32 Å². The molecule has 0 radical (unpaired) electrons. The molecule has 6 nitrogen and oxygen atoms in total. The van der Waals surface area contributed by atoms with Crippen LogP contribution in [0.2, 0.25) is 5.02 Å². The van der Waals surface area contributed by atoms with Crippen LogP contribution in [0.15, 0.2) is 33.8 Å². The third-order valence-electron chi connectivity index (χ3n) is 3.89. The molecule has 1 heterocycles. The average molecular weight is 403 g/mol. The zero-order valence-corrected chi connectivity index (χ0v) is 17.6. The average Bonchev–Trinajstić information content (AvgIpc) is 3.10. The molecule has 0 fully saturated rings. The normalized spacial score (nSPS) is 10.6. The summed E-state index contributed by atoms with van der Waals surface area (Å²) in [5.41, 5.74) is 2.67. The van der Waals surface area contributed by atoms with E-state index in [1.165, 1.54) is 12.8 Å². The summed E-state index contributed by atoms with van der Waals surface area (Å²) in [7, 11) is 1.58. The number of amides is 1. The van der Waals surface area contributed by atoms with E-state index in [1.807, 2.05) is 13.0 Å². The topological polar surface area (TPSA) is 91.3 Å². The number of unbranched alkanes of at least 4 members (excludes halogenated alkanes) is 3. The number of nitrogens with one attached hydrogen (secondary N) is 1. The first-order valence-electron chi connectivity index (χ1n) is 9.23. The number of benzene rings is 1. The highest BCUT2D eigenvalue weighted by Crippen LogP contribution is 2.16. The molecule has 150 valence electrons. The number of hydrogen-bond donors (Lipinski definition) is 1. The first-order valence-corrected chi connectivity index (χ1v) is 9.61. The van der Waals surface area contributed by atoms with Crippen LogP contribution >= 0.6 is 11.6 Å². The minimum Gasteiger partial charge on any atom is -0.361 e. The van der Waals surface area contributed by atoms with E-state index >= 15 is 0 Å². The highest BCUT2D eigenvalue weighted by atomic mass is 35.5. The van der Waals surface area contributed by atoms with Gasteiger partial charge < -0.3 is 9.84 Å². The zero-order valence-electron chi connectivity index (χ0n) is 16.9. The van der Waals surface area contributed by atoms with E-state index in [4.69, 9.17) is 21.4 Å². The van der Waals surface area contributed by atoms with Gasteiger partial charge in [-0.1, -0.05) is 42.6 Å². The van der Waals surface area contributed by atoms with Crippen molar-refractivity contribution in [3.63, 3.8) is 0 Å². The number of nitriles is 1. The van der Waals surface area contributed by atoms with Crippen LogP contribution in [-0.2, 0) is 11.3 Å². The predicted octanol–water partition coefficient (Wildman–Crippen LogP) is 4.77. The molecule has 0 aliphatic heterocycles. The lowest BCUT2D eigenvalue weighted by atomic mass is 10.0. The number of aromatic nitrogens is 1. The third-order valence-corrected chi connectivity index (χ3v) is 4.13. The van der Waals surface area contributed by atoms with Crippen molar-refractivity contribution in [1.29, 1.82) is 5.26 Å². The Morgan fingerprint density at radius 3 is 2.64 bits per heavy atom. The third kappa shape index (κ3) is 7.93. The molecule has 1 aromatic heterocycles. The van der Waals surface area contributed by atoms with Crippen molar-refractivity contribution in [3.8, 4) is 6.07 Å². The van der Waals surface area contributed by atoms with Gasteiger partial charge in [-0.3, -0.25) is 9.79 Å². The van der Waals surface area contributed by atoms with E-state index in [0.29, 0.717) is 22.2 Å². The fraction of sp³-hybridized carbons (Fsp3) is 0.429. The van der Waals surface area contributed by atoms with Gasteiger partial charge in [-0.05, 0) is 38.0 Å². The van der Waals surface area contributed by atoms with Crippen LogP contribution in [0.1, 0.15) is 55.2 Å². The Labute approximate surface area is 171 Å². The van der Waals surface area contributed by atoms with Gasteiger partial charge >= 0.3 is 0 Å². The van der Waals surface area contributed by atoms with E-state index in [1.54, 1.807) is 32.2 Å². The highest BCUT2D eigenvalue weighted by molar-refractivity contribution is 6.46. The number of aliphatic imine (C=N–C) groups is 1. The molecule has 0 aliphatic rings. The molecule has 0 spiro atoms. The predicted molar refractivity (Wildman–Crippen MR) is 111 cm³/mol. The number of halogens is 1. The number of rotatable bonds is 7. The smallest absolute Gasteiger partial charge is 0.270 e. The molecular formula is C21H27ClN4O2. The van der Waals surface area contributed by atoms with E-state index in [9.17, 15) is 4.79 Å². The van der Waals surface area contributed by atoms with Crippen LogP contribution in [-0.4, -0.2) is 23.8 Å². The molecule has 7 heteroatoms. The summed E-state index contributed by atoms with van der Waals surface area (Å²) >= 11 is 5.99. The van der Waals surface area contributed by atoms with Gasteiger partial charge in [0, 0.05) is 30.1 Å². The van der Waals surface area contributed by atoms with Gasteiger partial charge in [0.1, 0.15) is 17.2 Å². The summed E-state index contributed by atoms with van der Waals surface area (Å²) in [6, 6.07) is 9.25. The van der Waals surface area contributed by atoms with Crippen LogP contribution in [0.5, 0.6) is 0 Å². The number of aryl methyl sites for hydroxylation is 2. The number of nitrogens with zero attached hydrogens (tertiary/aromatic N) is 3. The second-order valence-corrected chi connectivity index (χ2v) is 6.69. The maximum absolute atomic E-state index is 12.3. The largest absolute Gasteiger partial charge is 0.361 e. The Morgan fingerprint density at radius 2 is 2.07 bits per heavy atom. The molecule has 0 bridgehead atoms. The molecule has 1 N–H and O–H groups in total. The lowest BCUT2D eigenvalue weighted by Gasteiger charge is -2.09. The van der Waals surface area contributed by atoms with Crippen LogP contribution in [0, 0.1) is 25.2 Å². The maximum Gasteiger partial charge on any atom is 0.270 e. The molecule has 2 rings (SSSR count). The lowest BCUT2D eigenvalue weighted by Crippen LogP contribution is -2.31. The van der Waals surface area contributed by atoms with Crippen molar-refractivity contribution in [2.75, 3.05) is 7.05 Å². The molecule has 0 atom stereocenters. The highest BCUT2D eigenvalue weighted by Gasteiger charge is 2.16. The quantitative estimate of drug-likeness (QED) is 0.533. The summed E-state index contributed by atoms with van der Waals surface area (Å²) in [4.78, 5) is 16.4. The van der Waals surface area contributed by atoms with Gasteiger partial charge in [0.25, 0.3) is 5.91 Å². The Morgan fingerprint density at radius 1 is 1.32 bits per heavy atom. The Hall–Kier alpha value is -2.65. The van der Waals surface area contributed by atoms with E-state index in [0.717, 1.165) is 24.0 Å². The molecule has 28 heavy (non-hydrogen) atoms. The molecule has 0 unspecified atom stereocenters.